The molecule has 2 aliphatic rings. The summed E-state index contributed by atoms with van der Waals surface area (Å²) in [6.07, 6.45) is 0.678. The minimum Gasteiger partial charge on any atom is -0.345 e. The van der Waals surface area contributed by atoms with E-state index in [-0.39, 0.29) is 17.7 Å². The number of likely N-dealkylation sites (N-methyl/N-ethyl adjacent to an activating group) is 1. The van der Waals surface area contributed by atoms with Gasteiger partial charge in [0, 0.05) is 38.2 Å². The van der Waals surface area contributed by atoms with Crippen LogP contribution < -0.4 is 0 Å². The van der Waals surface area contributed by atoms with Crippen molar-refractivity contribution in [3.05, 3.63) is 71.3 Å². The zero-order chi connectivity index (χ0) is 19.0. The Morgan fingerprint density at radius 1 is 1.15 bits per heavy atom. The smallest absolute Gasteiger partial charge is 0.253 e. The molecule has 0 N–H and O–H groups in total. The van der Waals surface area contributed by atoms with E-state index in [0.717, 1.165) is 5.56 Å². The van der Waals surface area contributed by atoms with Gasteiger partial charge in [-0.25, -0.2) is 0 Å². The van der Waals surface area contributed by atoms with E-state index in [0.29, 0.717) is 37.2 Å². The Hall–Kier alpha value is -3.13. The minimum atomic E-state index is -0.543. The van der Waals surface area contributed by atoms with Crippen molar-refractivity contribution in [2.45, 2.75) is 12.3 Å². The quantitative estimate of drug-likeness (QED) is 0.828. The lowest BCUT2D eigenvalue weighted by atomic mass is 9.73. The van der Waals surface area contributed by atoms with Gasteiger partial charge in [-0.05, 0) is 36.2 Å². The molecule has 27 heavy (non-hydrogen) atoms. The zero-order valence-corrected chi connectivity index (χ0v) is 15.3. The summed E-state index contributed by atoms with van der Waals surface area (Å²) in [6.45, 7) is 1.69. The first kappa shape index (κ1) is 17.3. The van der Waals surface area contributed by atoms with Crippen LogP contribution in [-0.2, 0) is 4.79 Å². The highest BCUT2D eigenvalue weighted by Gasteiger charge is 2.57. The molecule has 0 saturated carbocycles. The predicted octanol–water partition coefficient (Wildman–Crippen LogP) is 2.65. The molecule has 2 aliphatic heterocycles. The third-order valence-electron chi connectivity index (χ3n) is 5.95. The van der Waals surface area contributed by atoms with E-state index >= 15 is 0 Å². The highest BCUT2D eigenvalue weighted by atomic mass is 16.2. The summed E-state index contributed by atoms with van der Waals surface area (Å²) in [5.74, 6) is 0.145. The lowest BCUT2D eigenvalue weighted by Gasteiger charge is -2.28. The Kier molecular flexibility index (Phi) is 4.19. The maximum atomic E-state index is 13.1. The van der Waals surface area contributed by atoms with E-state index in [1.807, 2.05) is 25.2 Å². The Labute approximate surface area is 158 Å². The lowest BCUT2D eigenvalue weighted by molar-refractivity contribution is -0.134. The molecule has 2 amide bonds. The van der Waals surface area contributed by atoms with Gasteiger partial charge in [0.2, 0.25) is 5.91 Å². The molecule has 1 spiro atoms. The average molecular weight is 359 g/mol. The number of nitriles is 1. The summed E-state index contributed by atoms with van der Waals surface area (Å²) in [7, 11) is 1.85. The van der Waals surface area contributed by atoms with Crippen molar-refractivity contribution in [3.63, 3.8) is 0 Å². The molecule has 2 atom stereocenters. The van der Waals surface area contributed by atoms with Crippen LogP contribution in [0.2, 0.25) is 0 Å². The van der Waals surface area contributed by atoms with Gasteiger partial charge in [-0.1, -0.05) is 30.3 Å². The highest BCUT2D eigenvalue weighted by molar-refractivity contribution is 5.96. The molecule has 2 fully saturated rings. The molecular formula is C22H21N3O2. The standard InChI is InChI=1S/C22H21N3O2/c1-24-14-19(17-5-3-2-4-6-17)22(21(24)27)11-12-25(15-22)20(26)18-9-7-16(13-23)8-10-18/h2-10,19H,11-12,14-15H2,1H3. The van der Waals surface area contributed by atoms with Gasteiger partial charge in [-0.15, -0.1) is 0 Å². The van der Waals surface area contributed by atoms with Gasteiger partial charge in [0.25, 0.3) is 5.91 Å². The van der Waals surface area contributed by atoms with Crippen LogP contribution in [0.25, 0.3) is 0 Å². The number of carbonyl (C=O) groups excluding carboxylic acids is 2. The van der Waals surface area contributed by atoms with Gasteiger partial charge in [0.1, 0.15) is 0 Å². The van der Waals surface area contributed by atoms with Gasteiger partial charge in [0.15, 0.2) is 0 Å². The van der Waals surface area contributed by atoms with Crippen molar-refractivity contribution in [1.82, 2.24) is 9.80 Å². The molecule has 0 bridgehead atoms. The number of hydrogen-bond acceptors (Lipinski definition) is 3. The Morgan fingerprint density at radius 2 is 1.85 bits per heavy atom. The van der Waals surface area contributed by atoms with Crippen LogP contribution in [0.3, 0.4) is 0 Å². The van der Waals surface area contributed by atoms with Crippen LogP contribution in [0, 0.1) is 16.7 Å². The topological polar surface area (TPSA) is 64.4 Å². The van der Waals surface area contributed by atoms with Gasteiger partial charge in [-0.2, -0.15) is 5.26 Å². The molecule has 136 valence electrons. The number of nitrogens with zero attached hydrogens (tertiary/aromatic N) is 3. The second-order valence-corrected chi connectivity index (χ2v) is 7.47. The predicted molar refractivity (Wildman–Crippen MR) is 101 cm³/mol. The van der Waals surface area contributed by atoms with Gasteiger partial charge < -0.3 is 9.80 Å². The fourth-order valence-corrected chi connectivity index (χ4v) is 4.51. The van der Waals surface area contributed by atoms with E-state index < -0.39 is 5.41 Å². The maximum Gasteiger partial charge on any atom is 0.253 e. The first-order chi connectivity index (χ1) is 13.0. The fraction of sp³-hybridized carbons (Fsp3) is 0.318. The third kappa shape index (κ3) is 2.78. The molecule has 0 aromatic heterocycles. The molecule has 0 radical (unpaired) electrons. The van der Waals surface area contributed by atoms with Crippen molar-refractivity contribution in [2.75, 3.05) is 26.7 Å². The summed E-state index contributed by atoms with van der Waals surface area (Å²) in [6, 6.07) is 18.9. The van der Waals surface area contributed by atoms with Gasteiger partial charge in [0.05, 0.1) is 17.0 Å². The second-order valence-electron chi connectivity index (χ2n) is 7.47. The maximum absolute atomic E-state index is 13.1. The van der Waals surface area contributed by atoms with Crippen LogP contribution in [-0.4, -0.2) is 48.3 Å². The highest BCUT2D eigenvalue weighted by Crippen LogP contribution is 2.49. The second kappa shape index (κ2) is 6.55. The largest absolute Gasteiger partial charge is 0.345 e. The molecule has 2 aromatic carbocycles. The monoisotopic (exact) mass is 359 g/mol. The van der Waals surface area contributed by atoms with Crippen LogP contribution in [0.5, 0.6) is 0 Å². The van der Waals surface area contributed by atoms with Crippen molar-refractivity contribution < 1.29 is 9.59 Å². The number of rotatable bonds is 2. The summed E-state index contributed by atoms with van der Waals surface area (Å²) < 4.78 is 0. The number of amides is 2. The number of hydrogen-bond donors (Lipinski definition) is 0. The minimum absolute atomic E-state index is 0.0782. The Bertz CT molecular complexity index is 917. The van der Waals surface area contributed by atoms with E-state index in [4.69, 9.17) is 5.26 Å². The first-order valence-electron chi connectivity index (χ1n) is 9.15. The zero-order valence-electron chi connectivity index (χ0n) is 15.3. The van der Waals surface area contributed by atoms with E-state index in [2.05, 4.69) is 18.2 Å². The molecule has 4 rings (SSSR count). The summed E-state index contributed by atoms with van der Waals surface area (Å²) >= 11 is 0. The van der Waals surface area contributed by atoms with Gasteiger partial charge >= 0.3 is 0 Å². The lowest BCUT2D eigenvalue weighted by Crippen LogP contribution is -2.39. The summed E-state index contributed by atoms with van der Waals surface area (Å²) in [4.78, 5) is 29.6. The van der Waals surface area contributed by atoms with E-state index in [1.54, 1.807) is 34.1 Å². The number of benzene rings is 2. The Morgan fingerprint density at radius 3 is 2.52 bits per heavy atom. The average Bonchev–Trinajstić information content (AvgIpc) is 3.26. The van der Waals surface area contributed by atoms with Gasteiger partial charge in [-0.3, -0.25) is 9.59 Å². The molecular weight excluding hydrogens is 338 g/mol. The molecule has 0 aliphatic carbocycles. The molecule has 2 aromatic rings. The van der Waals surface area contributed by atoms with E-state index in [9.17, 15) is 9.59 Å². The van der Waals surface area contributed by atoms with Crippen LogP contribution >= 0.6 is 0 Å². The van der Waals surface area contributed by atoms with Crippen LogP contribution in [0.1, 0.15) is 33.8 Å². The molecule has 2 heterocycles. The summed E-state index contributed by atoms with van der Waals surface area (Å²) in [5, 5.41) is 8.92. The molecule has 2 saturated heterocycles. The van der Waals surface area contributed by atoms with Crippen LogP contribution in [0.4, 0.5) is 0 Å². The SMILES string of the molecule is CN1CC(c2ccccc2)C2(CCN(C(=O)c3ccc(C#N)cc3)C2)C1=O. The molecule has 5 nitrogen and oxygen atoms in total. The van der Waals surface area contributed by atoms with Crippen molar-refractivity contribution in [2.24, 2.45) is 5.41 Å². The molecule has 2 unspecified atom stereocenters. The summed E-state index contributed by atoms with van der Waals surface area (Å²) in [5.41, 5.74) is 1.70. The van der Waals surface area contributed by atoms with Crippen molar-refractivity contribution in [1.29, 1.82) is 5.26 Å². The van der Waals surface area contributed by atoms with Crippen molar-refractivity contribution in [3.8, 4) is 6.07 Å². The molecule has 5 heteroatoms. The van der Waals surface area contributed by atoms with Crippen molar-refractivity contribution >= 4 is 11.8 Å². The third-order valence-corrected chi connectivity index (χ3v) is 5.95. The van der Waals surface area contributed by atoms with Crippen LogP contribution in [0.15, 0.2) is 54.6 Å². The Balaban J connectivity index is 1.61. The fourth-order valence-electron chi connectivity index (χ4n) is 4.51. The first-order valence-corrected chi connectivity index (χ1v) is 9.15. The number of likely N-dealkylation sites (tertiary alicyclic amines) is 2. The number of carbonyl (C=O) groups is 2. The normalized spacial score (nSPS) is 24.4. The van der Waals surface area contributed by atoms with E-state index in [1.165, 1.54) is 0 Å².